The number of nitrogens with zero attached hydrogens (tertiary/aromatic N) is 4. The summed E-state index contributed by atoms with van der Waals surface area (Å²) >= 11 is 17.5. The largest absolute Gasteiger partial charge is 0.393 e. The van der Waals surface area contributed by atoms with Gasteiger partial charge in [-0.1, -0.05) is 23.2 Å². The standard InChI is InChI=1S/C12H14Cl2N4OS/c13-8-5-10(14)11-15-18(12(20)17(11)6-8)7-16-3-1-9(19)2-4-16/h5-6,9,19H,1-4,7H2. The number of aromatic nitrogens is 3. The lowest BCUT2D eigenvalue weighted by atomic mass is 10.1. The first kappa shape index (κ1) is 14.3. The Kier molecular flexibility index (Phi) is 4.01. The van der Waals surface area contributed by atoms with E-state index in [4.69, 9.17) is 35.4 Å². The van der Waals surface area contributed by atoms with Gasteiger partial charge < -0.3 is 5.11 Å². The van der Waals surface area contributed by atoms with Gasteiger partial charge in [0, 0.05) is 19.3 Å². The molecule has 1 fully saturated rings. The van der Waals surface area contributed by atoms with E-state index in [2.05, 4.69) is 10.00 Å². The van der Waals surface area contributed by atoms with Gasteiger partial charge in [0.2, 0.25) is 4.77 Å². The van der Waals surface area contributed by atoms with Crippen LogP contribution in [-0.4, -0.2) is 43.4 Å². The van der Waals surface area contributed by atoms with Crippen LogP contribution in [-0.2, 0) is 6.67 Å². The van der Waals surface area contributed by atoms with Crippen LogP contribution < -0.4 is 0 Å². The first-order valence-electron chi connectivity index (χ1n) is 6.39. The molecule has 2 aromatic rings. The molecule has 108 valence electrons. The zero-order valence-electron chi connectivity index (χ0n) is 10.7. The molecular formula is C12H14Cl2N4OS. The molecule has 2 aromatic heterocycles. The number of likely N-dealkylation sites (tertiary alicyclic amines) is 1. The highest BCUT2D eigenvalue weighted by atomic mass is 35.5. The molecule has 0 aromatic carbocycles. The monoisotopic (exact) mass is 332 g/mol. The number of halogens is 2. The summed E-state index contributed by atoms with van der Waals surface area (Å²) in [5, 5.41) is 15.0. The number of pyridine rings is 1. The van der Waals surface area contributed by atoms with Crippen LogP contribution in [0.3, 0.4) is 0 Å². The Morgan fingerprint density at radius 3 is 2.75 bits per heavy atom. The van der Waals surface area contributed by atoms with Crippen molar-refractivity contribution in [2.75, 3.05) is 13.1 Å². The van der Waals surface area contributed by atoms with E-state index in [1.54, 1.807) is 21.3 Å². The first-order chi connectivity index (χ1) is 9.54. The molecule has 0 radical (unpaired) electrons. The molecule has 20 heavy (non-hydrogen) atoms. The summed E-state index contributed by atoms with van der Waals surface area (Å²) in [6, 6.07) is 1.65. The van der Waals surface area contributed by atoms with Crippen molar-refractivity contribution in [3.63, 3.8) is 0 Å². The summed E-state index contributed by atoms with van der Waals surface area (Å²) in [5.41, 5.74) is 0.609. The lowest BCUT2D eigenvalue weighted by Gasteiger charge is -2.28. The van der Waals surface area contributed by atoms with Crippen molar-refractivity contribution < 1.29 is 5.11 Å². The molecule has 1 N–H and O–H groups in total. The lowest BCUT2D eigenvalue weighted by molar-refractivity contribution is 0.0652. The molecule has 0 spiro atoms. The van der Waals surface area contributed by atoms with E-state index in [0.29, 0.717) is 27.1 Å². The fourth-order valence-corrected chi connectivity index (χ4v) is 3.13. The molecule has 1 aliphatic rings. The van der Waals surface area contributed by atoms with Gasteiger partial charge in [-0.3, -0.25) is 9.30 Å². The number of hydrogen-bond acceptors (Lipinski definition) is 4. The van der Waals surface area contributed by atoms with E-state index in [1.165, 1.54) is 0 Å². The number of piperidine rings is 1. The van der Waals surface area contributed by atoms with Crippen molar-refractivity contribution >= 4 is 41.1 Å². The Bertz CT molecular complexity index is 691. The molecule has 8 heteroatoms. The Balaban J connectivity index is 1.91. The minimum atomic E-state index is -0.187. The average Bonchev–Trinajstić information content (AvgIpc) is 2.71. The van der Waals surface area contributed by atoms with Crippen LogP contribution in [0.15, 0.2) is 12.3 Å². The molecule has 0 aliphatic carbocycles. The molecule has 3 rings (SSSR count). The Morgan fingerprint density at radius 2 is 2.05 bits per heavy atom. The van der Waals surface area contributed by atoms with Gasteiger partial charge in [-0.25, -0.2) is 4.68 Å². The van der Waals surface area contributed by atoms with Gasteiger partial charge in [0.25, 0.3) is 0 Å². The third-order valence-electron chi connectivity index (χ3n) is 3.49. The topological polar surface area (TPSA) is 45.7 Å². The summed E-state index contributed by atoms with van der Waals surface area (Å²) in [6.45, 7) is 2.28. The zero-order chi connectivity index (χ0) is 14.3. The fourth-order valence-electron chi connectivity index (χ4n) is 2.39. The minimum absolute atomic E-state index is 0.187. The van der Waals surface area contributed by atoms with E-state index in [-0.39, 0.29) is 6.10 Å². The number of hydrogen-bond donors (Lipinski definition) is 1. The highest BCUT2D eigenvalue weighted by Crippen LogP contribution is 2.21. The summed E-state index contributed by atoms with van der Waals surface area (Å²) in [6.07, 6.45) is 3.10. The number of fused-ring (bicyclic) bond motifs is 1. The van der Waals surface area contributed by atoms with Crippen LogP contribution in [0.4, 0.5) is 0 Å². The molecule has 0 unspecified atom stereocenters. The second kappa shape index (κ2) is 5.61. The highest BCUT2D eigenvalue weighted by molar-refractivity contribution is 7.71. The Morgan fingerprint density at radius 1 is 1.35 bits per heavy atom. The van der Waals surface area contributed by atoms with Gasteiger partial charge >= 0.3 is 0 Å². The van der Waals surface area contributed by atoms with E-state index in [9.17, 15) is 5.11 Å². The van der Waals surface area contributed by atoms with E-state index in [1.807, 2.05) is 0 Å². The van der Waals surface area contributed by atoms with Crippen LogP contribution in [0, 0.1) is 4.77 Å². The average molecular weight is 333 g/mol. The SMILES string of the molecule is OC1CCN(Cn2nc3c(Cl)cc(Cl)cn3c2=S)CC1. The number of aliphatic hydroxyl groups excluding tert-OH is 1. The third kappa shape index (κ3) is 2.71. The predicted molar refractivity (Wildman–Crippen MR) is 80.8 cm³/mol. The Hall–Kier alpha value is -0.660. The maximum Gasteiger partial charge on any atom is 0.203 e. The van der Waals surface area contributed by atoms with Crippen molar-refractivity contribution in [1.82, 2.24) is 19.1 Å². The summed E-state index contributed by atoms with van der Waals surface area (Å²) in [5.74, 6) is 0. The van der Waals surface area contributed by atoms with Gasteiger partial charge in [0.05, 0.1) is 22.8 Å². The Labute approximate surface area is 131 Å². The van der Waals surface area contributed by atoms with Crippen LogP contribution in [0.2, 0.25) is 10.0 Å². The van der Waals surface area contributed by atoms with Crippen LogP contribution in [0.5, 0.6) is 0 Å². The van der Waals surface area contributed by atoms with Gasteiger partial charge in [-0.2, -0.15) is 0 Å². The maximum atomic E-state index is 9.52. The third-order valence-corrected chi connectivity index (χ3v) is 4.38. The molecule has 0 saturated carbocycles. The molecule has 3 heterocycles. The van der Waals surface area contributed by atoms with Crippen LogP contribution >= 0.6 is 35.4 Å². The normalized spacial score (nSPS) is 17.9. The summed E-state index contributed by atoms with van der Waals surface area (Å²) < 4.78 is 4.03. The van der Waals surface area contributed by atoms with Crippen molar-refractivity contribution in [3.8, 4) is 0 Å². The smallest absolute Gasteiger partial charge is 0.203 e. The molecule has 5 nitrogen and oxygen atoms in total. The zero-order valence-corrected chi connectivity index (χ0v) is 13.0. The van der Waals surface area contributed by atoms with Gasteiger partial charge in [0.15, 0.2) is 5.65 Å². The van der Waals surface area contributed by atoms with E-state index < -0.39 is 0 Å². The van der Waals surface area contributed by atoms with Crippen molar-refractivity contribution in [2.45, 2.75) is 25.6 Å². The van der Waals surface area contributed by atoms with E-state index in [0.717, 1.165) is 25.9 Å². The lowest BCUT2D eigenvalue weighted by Crippen LogP contribution is -2.37. The quantitative estimate of drug-likeness (QED) is 0.858. The summed E-state index contributed by atoms with van der Waals surface area (Å²) in [4.78, 5) is 2.21. The molecular weight excluding hydrogens is 319 g/mol. The second-order valence-electron chi connectivity index (χ2n) is 4.97. The van der Waals surface area contributed by atoms with Gasteiger partial charge in [-0.05, 0) is 31.1 Å². The second-order valence-corrected chi connectivity index (χ2v) is 6.18. The van der Waals surface area contributed by atoms with Crippen molar-refractivity contribution in [2.24, 2.45) is 0 Å². The van der Waals surface area contributed by atoms with Crippen LogP contribution in [0.1, 0.15) is 12.8 Å². The first-order valence-corrected chi connectivity index (χ1v) is 7.55. The van der Waals surface area contributed by atoms with Crippen LogP contribution in [0.25, 0.3) is 5.65 Å². The van der Waals surface area contributed by atoms with Crippen molar-refractivity contribution in [1.29, 1.82) is 0 Å². The van der Waals surface area contributed by atoms with Gasteiger partial charge in [0.1, 0.15) is 0 Å². The molecule has 0 bridgehead atoms. The fraction of sp³-hybridized carbons (Fsp3) is 0.500. The molecule has 0 amide bonds. The minimum Gasteiger partial charge on any atom is -0.393 e. The maximum absolute atomic E-state index is 9.52. The molecule has 0 atom stereocenters. The predicted octanol–water partition coefficient (Wildman–Crippen LogP) is 2.59. The van der Waals surface area contributed by atoms with Gasteiger partial charge in [-0.15, -0.1) is 5.10 Å². The molecule has 1 saturated heterocycles. The van der Waals surface area contributed by atoms with E-state index >= 15 is 0 Å². The van der Waals surface area contributed by atoms with Crippen molar-refractivity contribution in [3.05, 3.63) is 27.1 Å². The number of aliphatic hydroxyl groups is 1. The molecule has 1 aliphatic heterocycles. The number of rotatable bonds is 2. The highest BCUT2D eigenvalue weighted by Gasteiger charge is 2.18. The summed E-state index contributed by atoms with van der Waals surface area (Å²) in [7, 11) is 0.